The van der Waals surface area contributed by atoms with Crippen LogP contribution in [0, 0.1) is 6.92 Å². The molecule has 0 aliphatic carbocycles. The van der Waals surface area contributed by atoms with Gasteiger partial charge in [-0.15, -0.1) is 0 Å². The quantitative estimate of drug-likeness (QED) is 0.462. The molecular formula is C25H26N2O6S. The third-order valence-corrected chi connectivity index (χ3v) is 6.76. The monoisotopic (exact) mass is 482 g/mol. The van der Waals surface area contributed by atoms with Gasteiger partial charge in [0.15, 0.2) is 0 Å². The Morgan fingerprint density at radius 2 is 1.65 bits per heavy atom. The van der Waals surface area contributed by atoms with E-state index in [1.807, 2.05) is 0 Å². The van der Waals surface area contributed by atoms with E-state index in [4.69, 9.17) is 9.47 Å². The number of aryl methyl sites for hydroxylation is 1. The summed E-state index contributed by atoms with van der Waals surface area (Å²) in [5.41, 5.74) is 1.58. The summed E-state index contributed by atoms with van der Waals surface area (Å²) >= 11 is 0. The van der Waals surface area contributed by atoms with Crippen LogP contribution in [0.1, 0.15) is 22.8 Å². The van der Waals surface area contributed by atoms with Crippen molar-refractivity contribution in [3.8, 4) is 5.75 Å². The predicted molar refractivity (Wildman–Crippen MR) is 130 cm³/mol. The summed E-state index contributed by atoms with van der Waals surface area (Å²) in [4.78, 5) is 25.0. The molecule has 3 aromatic rings. The van der Waals surface area contributed by atoms with Gasteiger partial charge in [-0.2, -0.15) is 0 Å². The van der Waals surface area contributed by atoms with Crippen LogP contribution in [0.5, 0.6) is 5.75 Å². The molecule has 0 spiro atoms. The molecular weight excluding hydrogens is 456 g/mol. The summed E-state index contributed by atoms with van der Waals surface area (Å²) in [6, 6.07) is 19.2. The standard InChI is InChI=1S/C25H26N2O6S/c1-4-33-23-13-9-8-12-22(23)27(34(30,31)20-10-6-5-7-11-20)17-24(28)26-21-16-19(25(29)32-3)15-14-18(21)2/h5-16H,4,17H2,1-3H3,(H,26,28). The molecule has 34 heavy (non-hydrogen) atoms. The van der Waals surface area contributed by atoms with E-state index in [0.29, 0.717) is 23.6 Å². The second-order valence-corrected chi connectivity index (χ2v) is 9.16. The summed E-state index contributed by atoms with van der Waals surface area (Å²) in [7, 11) is -2.83. The second kappa shape index (κ2) is 10.8. The first-order valence-electron chi connectivity index (χ1n) is 10.6. The fourth-order valence-electron chi connectivity index (χ4n) is 3.28. The van der Waals surface area contributed by atoms with Crippen LogP contribution in [0.25, 0.3) is 0 Å². The number of hydrogen-bond acceptors (Lipinski definition) is 6. The number of benzene rings is 3. The van der Waals surface area contributed by atoms with E-state index in [9.17, 15) is 18.0 Å². The van der Waals surface area contributed by atoms with Gasteiger partial charge in [0.05, 0.1) is 29.9 Å². The van der Waals surface area contributed by atoms with Crippen LogP contribution in [0.4, 0.5) is 11.4 Å². The maximum Gasteiger partial charge on any atom is 0.337 e. The van der Waals surface area contributed by atoms with Crippen molar-refractivity contribution in [2.24, 2.45) is 0 Å². The minimum absolute atomic E-state index is 0.0398. The highest BCUT2D eigenvalue weighted by molar-refractivity contribution is 7.92. The zero-order valence-electron chi connectivity index (χ0n) is 19.1. The molecule has 1 N–H and O–H groups in total. The number of methoxy groups -OCH3 is 1. The van der Waals surface area contributed by atoms with Gasteiger partial charge in [-0.3, -0.25) is 9.10 Å². The highest BCUT2D eigenvalue weighted by atomic mass is 32.2. The maximum atomic E-state index is 13.6. The molecule has 0 saturated heterocycles. The Balaban J connectivity index is 1.99. The van der Waals surface area contributed by atoms with Gasteiger partial charge < -0.3 is 14.8 Å². The number of amides is 1. The minimum atomic E-state index is -4.10. The summed E-state index contributed by atoms with van der Waals surface area (Å²) < 4.78 is 38.5. The number of esters is 1. The van der Waals surface area contributed by atoms with Gasteiger partial charge in [0.1, 0.15) is 12.3 Å². The number of sulfonamides is 1. The lowest BCUT2D eigenvalue weighted by Gasteiger charge is -2.26. The fourth-order valence-corrected chi connectivity index (χ4v) is 4.73. The summed E-state index contributed by atoms with van der Waals surface area (Å²) in [5.74, 6) is -0.800. The van der Waals surface area contributed by atoms with Crippen LogP contribution in [0.2, 0.25) is 0 Å². The van der Waals surface area contributed by atoms with E-state index in [0.717, 1.165) is 4.31 Å². The number of anilines is 2. The third kappa shape index (κ3) is 5.55. The molecule has 0 fully saturated rings. The molecule has 0 aromatic heterocycles. The molecule has 3 aromatic carbocycles. The number of ether oxygens (including phenoxy) is 2. The molecule has 1 amide bonds. The molecule has 0 bridgehead atoms. The van der Waals surface area contributed by atoms with Crippen LogP contribution in [-0.2, 0) is 19.6 Å². The SMILES string of the molecule is CCOc1ccccc1N(CC(=O)Nc1cc(C(=O)OC)ccc1C)S(=O)(=O)c1ccccc1. The Labute approximate surface area is 199 Å². The van der Waals surface area contributed by atoms with Crippen molar-refractivity contribution >= 4 is 33.3 Å². The number of hydrogen-bond donors (Lipinski definition) is 1. The Hall–Kier alpha value is -3.85. The van der Waals surface area contributed by atoms with Crippen molar-refractivity contribution in [1.29, 1.82) is 0 Å². The highest BCUT2D eigenvalue weighted by Gasteiger charge is 2.29. The second-order valence-electron chi connectivity index (χ2n) is 7.29. The van der Waals surface area contributed by atoms with E-state index in [1.165, 1.54) is 25.3 Å². The first-order valence-corrected chi connectivity index (χ1v) is 12.0. The average molecular weight is 483 g/mol. The zero-order valence-corrected chi connectivity index (χ0v) is 20.0. The molecule has 0 aliphatic rings. The predicted octanol–water partition coefficient (Wildman–Crippen LogP) is 4.01. The molecule has 0 aliphatic heterocycles. The maximum absolute atomic E-state index is 13.6. The van der Waals surface area contributed by atoms with Crippen LogP contribution < -0.4 is 14.4 Å². The Kier molecular flexibility index (Phi) is 7.91. The van der Waals surface area contributed by atoms with E-state index < -0.39 is 28.4 Å². The minimum Gasteiger partial charge on any atom is -0.492 e. The molecule has 0 unspecified atom stereocenters. The molecule has 0 saturated carbocycles. The van der Waals surface area contributed by atoms with Gasteiger partial charge in [0, 0.05) is 5.69 Å². The lowest BCUT2D eigenvalue weighted by molar-refractivity contribution is -0.114. The number of carbonyl (C=O) groups is 2. The molecule has 0 atom stereocenters. The first kappa shape index (κ1) is 24.8. The smallest absolute Gasteiger partial charge is 0.337 e. The Morgan fingerprint density at radius 3 is 2.32 bits per heavy atom. The number of para-hydroxylation sites is 2. The number of carbonyl (C=O) groups excluding carboxylic acids is 2. The van der Waals surface area contributed by atoms with Gasteiger partial charge >= 0.3 is 5.97 Å². The van der Waals surface area contributed by atoms with Gasteiger partial charge in [0.2, 0.25) is 5.91 Å². The zero-order chi connectivity index (χ0) is 24.7. The van der Waals surface area contributed by atoms with Crippen molar-refractivity contribution < 1.29 is 27.5 Å². The lowest BCUT2D eigenvalue weighted by atomic mass is 10.1. The normalized spacial score (nSPS) is 10.9. The first-order chi connectivity index (χ1) is 16.3. The fraction of sp³-hybridized carbons (Fsp3) is 0.200. The van der Waals surface area contributed by atoms with E-state index >= 15 is 0 Å². The van der Waals surface area contributed by atoms with Crippen molar-refractivity contribution in [2.45, 2.75) is 18.7 Å². The van der Waals surface area contributed by atoms with E-state index in [-0.39, 0.29) is 16.1 Å². The lowest BCUT2D eigenvalue weighted by Crippen LogP contribution is -2.38. The summed E-state index contributed by atoms with van der Waals surface area (Å²) in [5, 5.41) is 2.71. The van der Waals surface area contributed by atoms with Crippen LogP contribution in [0.3, 0.4) is 0 Å². The summed E-state index contributed by atoms with van der Waals surface area (Å²) in [6.45, 7) is 3.36. The number of rotatable bonds is 9. The molecule has 9 heteroatoms. The van der Waals surface area contributed by atoms with E-state index in [2.05, 4.69) is 5.32 Å². The van der Waals surface area contributed by atoms with Crippen molar-refractivity contribution in [2.75, 3.05) is 29.9 Å². The number of nitrogens with one attached hydrogen (secondary N) is 1. The van der Waals surface area contributed by atoms with Gasteiger partial charge in [0.25, 0.3) is 10.0 Å². The molecule has 0 heterocycles. The van der Waals surface area contributed by atoms with Gasteiger partial charge in [-0.05, 0) is 55.8 Å². The van der Waals surface area contributed by atoms with Crippen molar-refractivity contribution in [3.05, 3.63) is 83.9 Å². The van der Waals surface area contributed by atoms with Crippen LogP contribution in [0.15, 0.2) is 77.7 Å². The Bertz CT molecular complexity index is 1280. The summed E-state index contributed by atoms with van der Waals surface area (Å²) in [6.07, 6.45) is 0. The van der Waals surface area contributed by atoms with Crippen LogP contribution >= 0.6 is 0 Å². The highest BCUT2D eigenvalue weighted by Crippen LogP contribution is 2.32. The number of nitrogens with zero attached hydrogens (tertiary/aromatic N) is 1. The Morgan fingerprint density at radius 1 is 0.971 bits per heavy atom. The van der Waals surface area contributed by atoms with E-state index in [1.54, 1.807) is 68.4 Å². The van der Waals surface area contributed by atoms with Crippen molar-refractivity contribution in [3.63, 3.8) is 0 Å². The van der Waals surface area contributed by atoms with Crippen LogP contribution in [-0.4, -0.2) is 40.6 Å². The topological polar surface area (TPSA) is 102 Å². The molecule has 178 valence electrons. The largest absolute Gasteiger partial charge is 0.492 e. The third-order valence-electron chi connectivity index (χ3n) is 4.98. The van der Waals surface area contributed by atoms with Gasteiger partial charge in [-0.1, -0.05) is 36.4 Å². The molecule has 8 nitrogen and oxygen atoms in total. The molecule has 3 rings (SSSR count). The molecule has 0 radical (unpaired) electrons. The van der Waals surface area contributed by atoms with Crippen molar-refractivity contribution in [1.82, 2.24) is 0 Å². The average Bonchev–Trinajstić information content (AvgIpc) is 2.84. The van der Waals surface area contributed by atoms with Gasteiger partial charge in [-0.25, -0.2) is 13.2 Å².